The number of carbonyl (C=O) groups is 3. The molecule has 0 spiro atoms. The number of carbonyl (C=O) groups excluding carboxylic acids is 2. The molecule has 0 saturated heterocycles. The van der Waals surface area contributed by atoms with Crippen LogP contribution in [0, 0.1) is 0 Å². The fraction of sp³-hybridized carbons (Fsp3) is 0.471. The van der Waals surface area contributed by atoms with Crippen molar-refractivity contribution in [3.05, 3.63) is 35.9 Å². The highest BCUT2D eigenvalue weighted by molar-refractivity contribution is 5.78. The van der Waals surface area contributed by atoms with Crippen LogP contribution in [0.3, 0.4) is 0 Å². The van der Waals surface area contributed by atoms with Crippen LogP contribution in [0.5, 0.6) is 0 Å². The lowest BCUT2D eigenvalue weighted by Gasteiger charge is -2.23. The summed E-state index contributed by atoms with van der Waals surface area (Å²) in [5.41, 5.74) is 1.03. The topological polar surface area (TPSA) is 98.7 Å². The molecule has 24 heavy (non-hydrogen) atoms. The van der Waals surface area contributed by atoms with Gasteiger partial charge in [0, 0.05) is 39.5 Å². The molecule has 0 fully saturated rings. The van der Waals surface area contributed by atoms with Gasteiger partial charge in [0.15, 0.2) is 0 Å². The summed E-state index contributed by atoms with van der Waals surface area (Å²) in [7, 11) is 3.15. The second kappa shape index (κ2) is 10.3. The SMILES string of the molecule is CNC(=O)CCN(C)C(=O)NC(CCC(=O)O)Cc1ccccc1. The zero-order chi connectivity index (χ0) is 17.9. The Hall–Kier alpha value is -2.57. The molecule has 1 aromatic rings. The number of rotatable bonds is 9. The molecule has 0 aliphatic carbocycles. The Morgan fingerprint density at radius 3 is 2.42 bits per heavy atom. The maximum Gasteiger partial charge on any atom is 0.317 e. The molecule has 1 aromatic carbocycles. The minimum atomic E-state index is -0.893. The molecule has 3 N–H and O–H groups in total. The Morgan fingerprint density at radius 1 is 1.17 bits per heavy atom. The van der Waals surface area contributed by atoms with Gasteiger partial charge in [0.05, 0.1) is 0 Å². The smallest absolute Gasteiger partial charge is 0.317 e. The number of amides is 3. The van der Waals surface area contributed by atoms with E-state index in [0.717, 1.165) is 5.56 Å². The Kier molecular flexibility index (Phi) is 8.32. The molecule has 0 saturated carbocycles. The van der Waals surface area contributed by atoms with Gasteiger partial charge in [-0.2, -0.15) is 0 Å². The highest BCUT2D eigenvalue weighted by Gasteiger charge is 2.17. The van der Waals surface area contributed by atoms with Crippen LogP contribution in [0.4, 0.5) is 4.79 Å². The van der Waals surface area contributed by atoms with Crippen molar-refractivity contribution in [2.75, 3.05) is 20.6 Å². The molecule has 0 bridgehead atoms. The molecule has 132 valence electrons. The van der Waals surface area contributed by atoms with Gasteiger partial charge in [-0.25, -0.2) is 4.79 Å². The molecule has 7 heteroatoms. The number of aliphatic carboxylic acids is 1. The second-order valence-corrected chi connectivity index (χ2v) is 5.61. The number of carboxylic acids is 1. The maximum absolute atomic E-state index is 12.2. The van der Waals surface area contributed by atoms with E-state index in [-0.39, 0.29) is 30.8 Å². The number of carboxylic acid groups (broad SMARTS) is 1. The number of hydrogen-bond donors (Lipinski definition) is 3. The Balaban J connectivity index is 2.60. The van der Waals surface area contributed by atoms with E-state index >= 15 is 0 Å². The van der Waals surface area contributed by atoms with Crippen LogP contribution in [0.25, 0.3) is 0 Å². The molecule has 7 nitrogen and oxygen atoms in total. The third-order valence-corrected chi connectivity index (χ3v) is 3.66. The average Bonchev–Trinajstić information content (AvgIpc) is 2.57. The molecule has 1 atom stereocenters. The number of hydrogen-bond acceptors (Lipinski definition) is 3. The van der Waals surface area contributed by atoms with Crippen molar-refractivity contribution >= 4 is 17.9 Å². The monoisotopic (exact) mass is 335 g/mol. The largest absolute Gasteiger partial charge is 0.481 e. The standard InChI is InChI=1S/C17H25N3O4/c1-18-15(21)10-11-20(2)17(24)19-14(8-9-16(22)23)12-13-6-4-3-5-7-13/h3-7,14H,8-12H2,1-2H3,(H,18,21)(H,19,24)(H,22,23). The van der Waals surface area contributed by atoms with E-state index in [9.17, 15) is 14.4 Å². The Morgan fingerprint density at radius 2 is 1.83 bits per heavy atom. The molecule has 3 amide bonds. The van der Waals surface area contributed by atoms with Crippen molar-refractivity contribution in [2.45, 2.75) is 31.7 Å². The van der Waals surface area contributed by atoms with Gasteiger partial charge in [0.1, 0.15) is 0 Å². The summed E-state index contributed by atoms with van der Waals surface area (Å²) in [5, 5.41) is 14.2. The molecule has 0 radical (unpaired) electrons. The van der Waals surface area contributed by atoms with E-state index in [1.807, 2.05) is 30.3 Å². The summed E-state index contributed by atoms with van der Waals surface area (Å²) < 4.78 is 0. The fourth-order valence-electron chi connectivity index (χ4n) is 2.20. The van der Waals surface area contributed by atoms with E-state index in [4.69, 9.17) is 5.11 Å². The first-order valence-electron chi connectivity index (χ1n) is 7.90. The first kappa shape index (κ1) is 19.5. The van der Waals surface area contributed by atoms with Gasteiger partial charge in [-0.1, -0.05) is 30.3 Å². The maximum atomic E-state index is 12.2. The summed E-state index contributed by atoms with van der Waals surface area (Å²) in [4.78, 5) is 35.7. The number of nitrogens with zero attached hydrogens (tertiary/aromatic N) is 1. The molecular formula is C17H25N3O4. The molecule has 0 aliphatic rings. The molecule has 1 unspecified atom stereocenters. The third-order valence-electron chi connectivity index (χ3n) is 3.66. The number of nitrogens with one attached hydrogen (secondary N) is 2. The summed E-state index contributed by atoms with van der Waals surface area (Å²) in [5.74, 6) is -1.03. The average molecular weight is 335 g/mol. The Bertz CT molecular complexity index is 548. The molecule has 0 heterocycles. The van der Waals surface area contributed by atoms with Crippen LogP contribution in [0.2, 0.25) is 0 Å². The second-order valence-electron chi connectivity index (χ2n) is 5.61. The number of urea groups is 1. The number of benzene rings is 1. The predicted molar refractivity (Wildman–Crippen MR) is 90.6 cm³/mol. The van der Waals surface area contributed by atoms with Gasteiger partial charge in [-0.3, -0.25) is 9.59 Å². The van der Waals surface area contributed by atoms with Gasteiger partial charge < -0.3 is 20.6 Å². The summed E-state index contributed by atoms with van der Waals surface area (Å²) >= 11 is 0. The molecular weight excluding hydrogens is 310 g/mol. The van der Waals surface area contributed by atoms with Crippen molar-refractivity contribution in [1.82, 2.24) is 15.5 Å². The van der Waals surface area contributed by atoms with Gasteiger partial charge in [0.2, 0.25) is 5.91 Å². The summed E-state index contributed by atoms with van der Waals surface area (Å²) in [6.07, 6.45) is 1.11. The van der Waals surface area contributed by atoms with E-state index < -0.39 is 5.97 Å². The van der Waals surface area contributed by atoms with Crippen molar-refractivity contribution in [2.24, 2.45) is 0 Å². The lowest BCUT2D eigenvalue weighted by molar-refractivity contribution is -0.137. The van der Waals surface area contributed by atoms with E-state index in [0.29, 0.717) is 19.4 Å². The first-order chi connectivity index (χ1) is 11.4. The van der Waals surface area contributed by atoms with Gasteiger partial charge >= 0.3 is 12.0 Å². The lowest BCUT2D eigenvalue weighted by atomic mass is 10.0. The highest BCUT2D eigenvalue weighted by atomic mass is 16.4. The van der Waals surface area contributed by atoms with E-state index in [1.165, 1.54) is 4.90 Å². The first-order valence-corrected chi connectivity index (χ1v) is 7.90. The minimum Gasteiger partial charge on any atom is -0.481 e. The van der Waals surface area contributed by atoms with Crippen molar-refractivity contribution in [3.8, 4) is 0 Å². The van der Waals surface area contributed by atoms with Gasteiger partial charge in [-0.15, -0.1) is 0 Å². The van der Waals surface area contributed by atoms with Crippen molar-refractivity contribution < 1.29 is 19.5 Å². The van der Waals surface area contributed by atoms with Crippen molar-refractivity contribution in [1.29, 1.82) is 0 Å². The van der Waals surface area contributed by atoms with Crippen molar-refractivity contribution in [3.63, 3.8) is 0 Å². The molecule has 0 aromatic heterocycles. The molecule has 1 rings (SSSR count). The van der Waals surface area contributed by atoms with Crippen LogP contribution >= 0.6 is 0 Å². The van der Waals surface area contributed by atoms with E-state index in [1.54, 1.807) is 14.1 Å². The van der Waals surface area contributed by atoms with Crippen LogP contribution < -0.4 is 10.6 Å². The van der Waals surface area contributed by atoms with Crippen LogP contribution in [-0.4, -0.2) is 54.6 Å². The lowest BCUT2D eigenvalue weighted by Crippen LogP contribution is -2.45. The molecule has 0 aliphatic heterocycles. The van der Waals surface area contributed by atoms with Crippen LogP contribution in [-0.2, 0) is 16.0 Å². The Labute approximate surface area is 142 Å². The fourth-order valence-corrected chi connectivity index (χ4v) is 2.20. The van der Waals surface area contributed by atoms with Gasteiger partial charge in [-0.05, 0) is 18.4 Å². The quantitative estimate of drug-likeness (QED) is 0.632. The summed E-state index contributed by atoms with van der Waals surface area (Å²) in [6, 6.07) is 9.00. The predicted octanol–water partition coefficient (Wildman–Crippen LogP) is 1.24. The zero-order valence-corrected chi connectivity index (χ0v) is 14.1. The third kappa shape index (κ3) is 7.62. The van der Waals surface area contributed by atoms with Crippen LogP contribution in [0.15, 0.2) is 30.3 Å². The van der Waals surface area contributed by atoms with Gasteiger partial charge in [0.25, 0.3) is 0 Å². The normalized spacial score (nSPS) is 11.4. The highest BCUT2D eigenvalue weighted by Crippen LogP contribution is 2.08. The van der Waals surface area contributed by atoms with E-state index in [2.05, 4.69) is 10.6 Å². The zero-order valence-electron chi connectivity index (χ0n) is 14.1. The summed E-state index contributed by atoms with van der Waals surface area (Å²) in [6.45, 7) is 0.294. The van der Waals surface area contributed by atoms with Crippen LogP contribution in [0.1, 0.15) is 24.8 Å². The minimum absolute atomic E-state index is 0.0142.